The zero-order valence-electron chi connectivity index (χ0n) is 11.4. The molecule has 0 aliphatic heterocycles. The first-order chi connectivity index (χ1) is 9.56. The van der Waals surface area contributed by atoms with E-state index in [2.05, 4.69) is 10.6 Å². The maximum Gasteiger partial charge on any atom is 0.334 e. The van der Waals surface area contributed by atoms with Gasteiger partial charge in [0, 0.05) is 18.9 Å². The maximum atomic E-state index is 11.6. The van der Waals surface area contributed by atoms with Crippen LogP contribution >= 0.6 is 0 Å². The summed E-state index contributed by atoms with van der Waals surface area (Å²) in [5.41, 5.74) is 0.553. The molecule has 0 fully saturated rings. The second-order valence-corrected chi connectivity index (χ2v) is 3.86. The zero-order chi connectivity index (χ0) is 15.0. The highest BCUT2D eigenvalue weighted by Crippen LogP contribution is 2.16. The van der Waals surface area contributed by atoms with E-state index in [0.29, 0.717) is 18.0 Å². The van der Waals surface area contributed by atoms with Crippen LogP contribution in [0.5, 0.6) is 5.75 Å². The number of aliphatic carboxylic acids is 1. The number of carboxylic acid groups (broad SMARTS) is 1. The largest absolute Gasteiger partial charge is 0.494 e. The highest BCUT2D eigenvalue weighted by molar-refractivity contribution is 5.89. The number of urea groups is 1. The molecular weight excluding hydrogens is 264 g/mol. The van der Waals surface area contributed by atoms with Gasteiger partial charge in [0.1, 0.15) is 5.75 Å². The van der Waals surface area contributed by atoms with Gasteiger partial charge in [-0.05, 0) is 19.1 Å². The lowest BCUT2D eigenvalue weighted by molar-refractivity contribution is -0.147. The Morgan fingerprint density at radius 1 is 1.40 bits per heavy atom. The minimum atomic E-state index is -1.13. The third-order valence-electron chi connectivity index (χ3n) is 2.41. The quantitative estimate of drug-likeness (QED) is 0.700. The van der Waals surface area contributed by atoms with Crippen LogP contribution in [0.15, 0.2) is 24.3 Å². The molecule has 1 aromatic rings. The van der Waals surface area contributed by atoms with E-state index < -0.39 is 18.1 Å². The monoisotopic (exact) mass is 282 g/mol. The fourth-order valence-corrected chi connectivity index (χ4v) is 1.46. The highest BCUT2D eigenvalue weighted by atomic mass is 16.5. The normalized spacial score (nSPS) is 11.5. The molecule has 0 bridgehead atoms. The van der Waals surface area contributed by atoms with Crippen molar-refractivity contribution in [3.8, 4) is 5.75 Å². The van der Waals surface area contributed by atoms with Crippen molar-refractivity contribution in [1.29, 1.82) is 0 Å². The van der Waals surface area contributed by atoms with Crippen LogP contribution < -0.4 is 15.4 Å². The van der Waals surface area contributed by atoms with Gasteiger partial charge >= 0.3 is 12.0 Å². The van der Waals surface area contributed by atoms with Gasteiger partial charge in [0.05, 0.1) is 13.2 Å². The van der Waals surface area contributed by atoms with E-state index in [4.69, 9.17) is 14.6 Å². The van der Waals surface area contributed by atoms with Crippen molar-refractivity contribution in [2.24, 2.45) is 0 Å². The number of nitrogens with one attached hydrogen (secondary N) is 2. The first kappa shape index (κ1) is 15.8. The Morgan fingerprint density at radius 2 is 2.15 bits per heavy atom. The van der Waals surface area contributed by atoms with Crippen molar-refractivity contribution in [2.75, 3.05) is 25.6 Å². The molecule has 2 amide bonds. The number of carbonyl (C=O) groups is 2. The van der Waals surface area contributed by atoms with Gasteiger partial charge in [-0.2, -0.15) is 0 Å². The second kappa shape index (κ2) is 8.00. The molecular formula is C13H18N2O5. The molecule has 0 saturated heterocycles. The molecule has 7 nitrogen and oxygen atoms in total. The molecule has 1 aromatic carbocycles. The lowest BCUT2D eigenvalue weighted by Crippen LogP contribution is -2.39. The molecule has 0 saturated carbocycles. The van der Waals surface area contributed by atoms with Gasteiger partial charge in [0.25, 0.3) is 0 Å². The highest BCUT2D eigenvalue weighted by Gasteiger charge is 2.17. The molecule has 1 unspecified atom stereocenters. The molecule has 0 heterocycles. The molecule has 0 aliphatic rings. The SMILES string of the molecule is CCOc1cccc(NC(=O)NCC(OC)C(=O)O)c1. The van der Waals surface area contributed by atoms with E-state index in [0.717, 1.165) is 0 Å². The van der Waals surface area contributed by atoms with Gasteiger partial charge in [-0.1, -0.05) is 6.07 Å². The number of carbonyl (C=O) groups excluding carboxylic acids is 1. The Bertz CT molecular complexity index is 464. The van der Waals surface area contributed by atoms with Crippen LogP contribution in [-0.4, -0.2) is 43.5 Å². The number of rotatable bonds is 7. The minimum Gasteiger partial charge on any atom is -0.494 e. The predicted molar refractivity (Wildman–Crippen MR) is 73.1 cm³/mol. The average molecular weight is 282 g/mol. The summed E-state index contributed by atoms with van der Waals surface area (Å²) in [6.45, 7) is 2.27. The van der Waals surface area contributed by atoms with Crippen LogP contribution in [0, 0.1) is 0 Å². The van der Waals surface area contributed by atoms with Crippen LogP contribution in [0.2, 0.25) is 0 Å². The molecule has 0 spiro atoms. The number of anilines is 1. The summed E-state index contributed by atoms with van der Waals surface area (Å²) in [7, 11) is 1.27. The average Bonchev–Trinajstić information content (AvgIpc) is 2.39. The Hall–Kier alpha value is -2.28. The molecule has 20 heavy (non-hydrogen) atoms. The molecule has 0 aliphatic carbocycles. The lowest BCUT2D eigenvalue weighted by atomic mass is 10.3. The van der Waals surface area contributed by atoms with Crippen LogP contribution in [0.25, 0.3) is 0 Å². The molecule has 7 heteroatoms. The zero-order valence-corrected chi connectivity index (χ0v) is 11.4. The second-order valence-electron chi connectivity index (χ2n) is 3.86. The van der Waals surface area contributed by atoms with Gasteiger partial charge in [-0.3, -0.25) is 0 Å². The van der Waals surface area contributed by atoms with E-state index in [1.807, 2.05) is 6.92 Å². The van der Waals surface area contributed by atoms with Crippen molar-refractivity contribution in [3.63, 3.8) is 0 Å². The number of hydrogen-bond donors (Lipinski definition) is 3. The van der Waals surface area contributed by atoms with Gasteiger partial charge in [-0.15, -0.1) is 0 Å². The van der Waals surface area contributed by atoms with E-state index in [1.165, 1.54) is 7.11 Å². The van der Waals surface area contributed by atoms with Gasteiger partial charge in [0.2, 0.25) is 0 Å². The van der Waals surface area contributed by atoms with E-state index in [-0.39, 0.29) is 6.54 Å². The van der Waals surface area contributed by atoms with Crippen molar-refractivity contribution in [3.05, 3.63) is 24.3 Å². The summed E-state index contributed by atoms with van der Waals surface area (Å²) in [4.78, 5) is 22.3. The third-order valence-corrected chi connectivity index (χ3v) is 2.41. The Balaban J connectivity index is 2.49. The first-order valence-electron chi connectivity index (χ1n) is 6.10. The minimum absolute atomic E-state index is 0.122. The van der Waals surface area contributed by atoms with Gasteiger partial charge < -0.3 is 25.2 Å². The van der Waals surface area contributed by atoms with Crippen LogP contribution in [0.3, 0.4) is 0 Å². The van der Waals surface area contributed by atoms with Gasteiger partial charge in [0.15, 0.2) is 6.10 Å². The standard InChI is InChI=1S/C13H18N2O5/c1-3-20-10-6-4-5-9(7-10)15-13(18)14-8-11(19-2)12(16)17/h4-7,11H,3,8H2,1-2H3,(H,16,17)(H2,14,15,18). The van der Waals surface area contributed by atoms with Crippen molar-refractivity contribution in [2.45, 2.75) is 13.0 Å². The molecule has 3 N–H and O–H groups in total. The topological polar surface area (TPSA) is 96.9 Å². The van der Waals surface area contributed by atoms with E-state index in [1.54, 1.807) is 24.3 Å². The summed E-state index contributed by atoms with van der Waals surface area (Å²) in [6, 6.07) is 6.39. The maximum absolute atomic E-state index is 11.6. The predicted octanol–water partition coefficient (Wildman–Crippen LogP) is 1.31. The lowest BCUT2D eigenvalue weighted by Gasteiger charge is -2.12. The summed E-state index contributed by atoms with van der Waals surface area (Å²) in [5, 5.41) is 13.8. The smallest absolute Gasteiger partial charge is 0.334 e. The van der Waals surface area contributed by atoms with Crippen molar-refractivity contribution >= 4 is 17.7 Å². The van der Waals surface area contributed by atoms with Crippen LogP contribution in [0.4, 0.5) is 10.5 Å². The molecule has 0 radical (unpaired) electrons. The number of ether oxygens (including phenoxy) is 2. The van der Waals surface area contributed by atoms with E-state index >= 15 is 0 Å². The summed E-state index contributed by atoms with van der Waals surface area (Å²) in [6.07, 6.45) is -1.07. The number of benzene rings is 1. The summed E-state index contributed by atoms with van der Waals surface area (Å²) in [5.74, 6) is -0.489. The fourth-order valence-electron chi connectivity index (χ4n) is 1.46. The van der Waals surface area contributed by atoms with E-state index in [9.17, 15) is 9.59 Å². The van der Waals surface area contributed by atoms with Crippen molar-refractivity contribution < 1.29 is 24.2 Å². The first-order valence-corrected chi connectivity index (χ1v) is 6.10. The van der Waals surface area contributed by atoms with Gasteiger partial charge in [-0.25, -0.2) is 9.59 Å². The molecule has 0 aromatic heterocycles. The van der Waals surface area contributed by atoms with Crippen LogP contribution in [0.1, 0.15) is 6.92 Å². The number of amides is 2. The number of carboxylic acids is 1. The number of hydrogen-bond acceptors (Lipinski definition) is 4. The Labute approximate surface area is 116 Å². The number of methoxy groups -OCH3 is 1. The molecule has 1 atom stereocenters. The Kier molecular flexibility index (Phi) is 6.31. The fraction of sp³-hybridized carbons (Fsp3) is 0.385. The molecule has 1 rings (SSSR count). The summed E-state index contributed by atoms with van der Waals surface area (Å²) < 4.78 is 10.0. The van der Waals surface area contributed by atoms with Crippen LogP contribution in [-0.2, 0) is 9.53 Å². The molecule has 110 valence electrons. The summed E-state index contributed by atoms with van der Waals surface area (Å²) >= 11 is 0. The van der Waals surface area contributed by atoms with Crippen molar-refractivity contribution in [1.82, 2.24) is 5.32 Å². The third kappa shape index (κ3) is 5.15. The Morgan fingerprint density at radius 3 is 2.75 bits per heavy atom.